The van der Waals surface area contributed by atoms with E-state index in [1.165, 1.54) is 0 Å². The van der Waals surface area contributed by atoms with Crippen LogP contribution in [0.5, 0.6) is 0 Å². The van der Waals surface area contributed by atoms with Gasteiger partial charge in [-0.05, 0) is 20.8 Å². The molecule has 1 saturated heterocycles. The molecule has 52 valence electrons. The first-order chi connectivity index (χ1) is 3.90. The summed E-state index contributed by atoms with van der Waals surface area (Å²) in [6, 6.07) is 0. The van der Waals surface area contributed by atoms with Crippen LogP contribution < -0.4 is 5.32 Å². The lowest BCUT2D eigenvalue weighted by Gasteiger charge is -2.02. The number of carbonyl (C=O) groups is 1. The lowest BCUT2D eigenvalue weighted by molar-refractivity contribution is -0.139. The van der Waals surface area contributed by atoms with Gasteiger partial charge in [-0.3, -0.25) is 10.1 Å². The van der Waals surface area contributed by atoms with Crippen molar-refractivity contribution in [3.8, 4) is 0 Å². The summed E-state index contributed by atoms with van der Waals surface area (Å²) in [6.07, 6.45) is 0. The number of aliphatic carboxylic acids is 1. The Hall–Kier alpha value is -0.570. The van der Waals surface area contributed by atoms with E-state index < -0.39 is 11.5 Å². The van der Waals surface area contributed by atoms with Gasteiger partial charge in [0.2, 0.25) is 0 Å². The highest BCUT2D eigenvalue weighted by atomic mass is 16.4. The Balaban J connectivity index is 2.74. The number of hydrogen-bond acceptors (Lipinski definition) is 2. The van der Waals surface area contributed by atoms with E-state index in [-0.39, 0.29) is 5.54 Å². The molecule has 0 radical (unpaired) electrons. The lowest BCUT2D eigenvalue weighted by Crippen LogP contribution is -2.27. The predicted molar refractivity (Wildman–Crippen MR) is 33.3 cm³/mol. The van der Waals surface area contributed by atoms with E-state index >= 15 is 0 Å². The second-order valence-corrected chi connectivity index (χ2v) is 3.18. The highest BCUT2D eigenvalue weighted by Gasteiger charge is 2.62. The topological polar surface area (TPSA) is 59.2 Å². The second kappa shape index (κ2) is 1.29. The summed E-state index contributed by atoms with van der Waals surface area (Å²) in [7, 11) is 0. The summed E-state index contributed by atoms with van der Waals surface area (Å²) in [4.78, 5) is 10.4. The minimum absolute atomic E-state index is 0.223. The average molecular weight is 129 g/mol. The van der Waals surface area contributed by atoms with Gasteiger partial charge in [-0.15, -0.1) is 0 Å². The molecule has 1 heterocycles. The van der Waals surface area contributed by atoms with E-state index in [1.807, 2.05) is 13.8 Å². The van der Waals surface area contributed by atoms with E-state index in [0.29, 0.717) is 0 Å². The van der Waals surface area contributed by atoms with Crippen molar-refractivity contribution in [2.45, 2.75) is 31.8 Å². The van der Waals surface area contributed by atoms with E-state index in [9.17, 15) is 4.79 Å². The molecule has 0 aromatic carbocycles. The monoisotopic (exact) mass is 129 g/mol. The third-order valence-electron chi connectivity index (χ3n) is 2.18. The summed E-state index contributed by atoms with van der Waals surface area (Å²) in [5.74, 6) is -0.771. The molecular weight excluding hydrogens is 118 g/mol. The maximum Gasteiger partial charge on any atom is 0.325 e. The summed E-state index contributed by atoms with van der Waals surface area (Å²) < 4.78 is 0. The number of carboxylic acid groups (broad SMARTS) is 1. The second-order valence-electron chi connectivity index (χ2n) is 3.18. The third-order valence-corrected chi connectivity index (χ3v) is 2.18. The van der Waals surface area contributed by atoms with Gasteiger partial charge in [-0.25, -0.2) is 0 Å². The molecule has 3 heteroatoms. The lowest BCUT2D eigenvalue weighted by atomic mass is 9.99. The summed E-state index contributed by atoms with van der Waals surface area (Å²) in [5.41, 5.74) is -0.911. The van der Waals surface area contributed by atoms with E-state index in [2.05, 4.69) is 5.32 Å². The molecule has 0 saturated carbocycles. The molecule has 1 rings (SSSR count). The van der Waals surface area contributed by atoms with Crippen molar-refractivity contribution < 1.29 is 9.90 Å². The van der Waals surface area contributed by atoms with Crippen LogP contribution in [0.4, 0.5) is 0 Å². The summed E-state index contributed by atoms with van der Waals surface area (Å²) >= 11 is 0. The van der Waals surface area contributed by atoms with Gasteiger partial charge >= 0.3 is 5.97 Å². The van der Waals surface area contributed by atoms with Gasteiger partial charge in [-0.1, -0.05) is 0 Å². The zero-order valence-corrected chi connectivity index (χ0v) is 5.86. The van der Waals surface area contributed by atoms with E-state index in [4.69, 9.17) is 5.11 Å². The van der Waals surface area contributed by atoms with Crippen molar-refractivity contribution >= 4 is 5.97 Å². The molecule has 1 unspecified atom stereocenters. The molecule has 9 heavy (non-hydrogen) atoms. The number of hydrogen-bond donors (Lipinski definition) is 2. The molecule has 3 nitrogen and oxygen atoms in total. The fourth-order valence-corrected chi connectivity index (χ4v) is 0.915. The Morgan fingerprint density at radius 1 is 1.44 bits per heavy atom. The van der Waals surface area contributed by atoms with E-state index in [1.54, 1.807) is 6.92 Å². The zero-order chi connectivity index (χ0) is 7.28. The largest absolute Gasteiger partial charge is 0.480 e. The SMILES string of the molecule is CC1(C)NC1(C)C(=O)O. The Morgan fingerprint density at radius 3 is 1.78 bits per heavy atom. The Kier molecular flexibility index (Phi) is 0.939. The molecular formula is C6H11NO2. The molecule has 0 aromatic rings. The quantitative estimate of drug-likeness (QED) is 0.497. The van der Waals surface area contributed by atoms with Crippen molar-refractivity contribution in [1.29, 1.82) is 0 Å². The first kappa shape index (κ1) is 6.55. The molecule has 0 amide bonds. The fraction of sp³-hybridized carbons (Fsp3) is 0.833. The van der Waals surface area contributed by atoms with Crippen LogP contribution in [0, 0.1) is 0 Å². The third kappa shape index (κ3) is 0.645. The fourth-order valence-electron chi connectivity index (χ4n) is 0.915. The van der Waals surface area contributed by atoms with Gasteiger partial charge in [0.25, 0.3) is 0 Å². The van der Waals surface area contributed by atoms with Crippen molar-refractivity contribution in [3.63, 3.8) is 0 Å². The molecule has 2 N–H and O–H groups in total. The number of rotatable bonds is 1. The minimum Gasteiger partial charge on any atom is -0.480 e. The molecule has 0 spiro atoms. The van der Waals surface area contributed by atoms with Crippen LogP contribution in [-0.2, 0) is 4.79 Å². The highest BCUT2D eigenvalue weighted by molar-refractivity contribution is 5.84. The van der Waals surface area contributed by atoms with Crippen molar-refractivity contribution in [2.75, 3.05) is 0 Å². The van der Waals surface area contributed by atoms with Gasteiger partial charge in [0, 0.05) is 5.54 Å². The van der Waals surface area contributed by atoms with Crippen LogP contribution in [0.2, 0.25) is 0 Å². The Bertz CT molecular complexity index is 164. The normalized spacial score (nSPS) is 38.1. The Morgan fingerprint density at radius 2 is 1.78 bits per heavy atom. The predicted octanol–water partition coefficient (Wildman–Crippen LogP) is 0.211. The van der Waals surface area contributed by atoms with Crippen LogP contribution in [0.3, 0.4) is 0 Å². The van der Waals surface area contributed by atoms with Crippen LogP contribution in [0.15, 0.2) is 0 Å². The maximum absolute atomic E-state index is 10.4. The molecule has 1 aliphatic rings. The van der Waals surface area contributed by atoms with Gasteiger partial charge < -0.3 is 5.11 Å². The maximum atomic E-state index is 10.4. The number of carboxylic acids is 1. The van der Waals surface area contributed by atoms with E-state index in [0.717, 1.165) is 0 Å². The highest BCUT2D eigenvalue weighted by Crippen LogP contribution is 2.37. The molecule has 0 aliphatic carbocycles. The molecule has 1 aliphatic heterocycles. The molecule has 1 atom stereocenters. The number of nitrogens with one attached hydrogen (secondary N) is 1. The summed E-state index contributed by atoms with van der Waals surface area (Å²) in [5, 5.41) is 11.5. The van der Waals surface area contributed by atoms with Crippen LogP contribution in [0.1, 0.15) is 20.8 Å². The first-order valence-electron chi connectivity index (χ1n) is 2.93. The molecule has 0 bridgehead atoms. The van der Waals surface area contributed by atoms with Gasteiger partial charge in [-0.2, -0.15) is 0 Å². The molecule has 1 fully saturated rings. The molecule has 0 aromatic heterocycles. The average Bonchev–Trinajstić information content (AvgIpc) is 2.08. The standard InChI is InChI=1S/C6H11NO2/c1-5(2)6(3,7-5)4(8)9/h7H,1-3H3,(H,8,9). The van der Waals surface area contributed by atoms with Gasteiger partial charge in [0.05, 0.1) is 0 Å². The van der Waals surface area contributed by atoms with Crippen LogP contribution in [0.25, 0.3) is 0 Å². The first-order valence-corrected chi connectivity index (χ1v) is 2.93. The minimum atomic E-state index is -0.771. The van der Waals surface area contributed by atoms with Crippen LogP contribution in [-0.4, -0.2) is 22.2 Å². The smallest absolute Gasteiger partial charge is 0.325 e. The summed E-state index contributed by atoms with van der Waals surface area (Å²) in [6.45, 7) is 5.44. The van der Waals surface area contributed by atoms with Crippen LogP contribution >= 0.6 is 0 Å². The Labute approximate surface area is 54.1 Å². The zero-order valence-electron chi connectivity index (χ0n) is 5.86. The van der Waals surface area contributed by atoms with Gasteiger partial charge in [0.15, 0.2) is 0 Å². The van der Waals surface area contributed by atoms with Crippen molar-refractivity contribution in [3.05, 3.63) is 0 Å². The van der Waals surface area contributed by atoms with Gasteiger partial charge in [0.1, 0.15) is 5.54 Å². The van der Waals surface area contributed by atoms with Crippen molar-refractivity contribution in [2.24, 2.45) is 0 Å². The van der Waals surface area contributed by atoms with Crippen molar-refractivity contribution in [1.82, 2.24) is 5.32 Å².